The number of aliphatic hydroxyl groups is 1. The van der Waals surface area contributed by atoms with Crippen LogP contribution in [0.1, 0.15) is 13.8 Å². The first-order chi connectivity index (χ1) is 4.59. The Hall–Kier alpha value is -0.830. The van der Waals surface area contributed by atoms with Crippen LogP contribution in [0.15, 0.2) is 12.8 Å². The van der Waals surface area contributed by atoms with Crippen molar-refractivity contribution in [1.82, 2.24) is 0 Å². The molecule has 3 nitrogen and oxygen atoms in total. The number of ether oxygens (including phenoxy) is 1. The Bertz CT molecular complexity index is 129. The summed E-state index contributed by atoms with van der Waals surface area (Å²) in [5, 5.41) is 8.88. The molecule has 0 rings (SSSR count). The van der Waals surface area contributed by atoms with Crippen molar-refractivity contribution in [2.24, 2.45) is 5.92 Å². The smallest absolute Gasteiger partial charge is 0.316 e. The van der Waals surface area contributed by atoms with Gasteiger partial charge in [-0.3, -0.25) is 4.79 Å². The number of hydrogen-bond acceptors (Lipinski definition) is 3. The first-order valence-corrected chi connectivity index (χ1v) is 3.09. The first-order valence-electron chi connectivity index (χ1n) is 3.09. The topological polar surface area (TPSA) is 46.5 Å². The second-order valence-electron chi connectivity index (χ2n) is 2.13. The Morgan fingerprint density at radius 1 is 1.70 bits per heavy atom. The molecule has 58 valence electrons. The molecule has 0 aromatic rings. The zero-order valence-corrected chi connectivity index (χ0v) is 6.20. The lowest BCUT2D eigenvalue weighted by molar-refractivity contribution is -0.145. The van der Waals surface area contributed by atoms with Crippen LogP contribution in [0, 0.1) is 5.92 Å². The van der Waals surface area contributed by atoms with Gasteiger partial charge in [-0.2, -0.15) is 0 Å². The van der Waals surface area contributed by atoms with Crippen LogP contribution in [0.2, 0.25) is 0 Å². The van der Waals surface area contributed by atoms with E-state index >= 15 is 0 Å². The fourth-order valence-corrected chi connectivity index (χ4v) is 0.386. The van der Waals surface area contributed by atoms with Crippen molar-refractivity contribution in [2.45, 2.75) is 20.0 Å². The maximum absolute atomic E-state index is 10.7. The Balaban J connectivity index is 3.81. The highest BCUT2D eigenvalue weighted by atomic mass is 16.5. The van der Waals surface area contributed by atoms with Gasteiger partial charge in [-0.1, -0.05) is 6.58 Å². The predicted molar refractivity (Wildman–Crippen MR) is 37.1 cm³/mol. The van der Waals surface area contributed by atoms with Gasteiger partial charge in [-0.25, -0.2) is 0 Å². The summed E-state index contributed by atoms with van der Waals surface area (Å²) in [6, 6.07) is 0. The number of carbonyl (C=O) groups is 1. The minimum Gasteiger partial charge on any atom is -0.435 e. The van der Waals surface area contributed by atoms with Crippen molar-refractivity contribution in [1.29, 1.82) is 0 Å². The number of hydrogen-bond donors (Lipinski definition) is 1. The number of rotatable bonds is 3. The Morgan fingerprint density at radius 3 is 2.50 bits per heavy atom. The van der Waals surface area contributed by atoms with Gasteiger partial charge in [0.25, 0.3) is 0 Å². The third-order valence-electron chi connectivity index (χ3n) is 1.29. The molecule has 0 aliphatic rings. The Morgan fingerprint density at radius 2 is 2.20 bits per heavy atom. The molecule has 0 saturated carbocycles. The molecule has 0 aromatic heterocycles. The van der Waals surface area contributed by atoms with E-state index in [-0.39, 0.29) is 0 Å². The molecule has 0 aliphatic carbocycles. The van der Waals surface area contributed by atoms with E-state index in [2.05, 4.69) is 11.3 Å². The lowest BCUT2D eigenvalue weighted by Gasteiger charge is -2.10. The van der Waals surface area contributed by atoms with Gasteiger partial charge < -0.3 is 9.84 Å². The lowest BCUT2D eigenvalue weighted by atomic mass is 10.1. The van der Waals surface area contributed by atoms with Gasteiger partial charge in [0.05, 0.1) is 18.3 Å². The number of esters is 1. The summed E-state index contributed by atoms with van der Waals surface area (Å²) in [7, 11) is 0. The largest absolute Gasteiger partial charge is 0.435 e. The van der Waals surface area contributed by atoms with Crippen LogP contribution < -0.4 is 0 Å². The van der Waals surface area contributed by atoms with Gasteiger partial charge in [0, 0.05) is 0 Å². The van der Waals surface area contributed by atoms with E-state index in [1.165, 1.54) is 6.92 Å². The SMILES string of the molecule is C=COC(=O)[C@@H](C)[C@H](C)O. The van der Waals surface area contributed by atoms with Crippen LogP contribution >= 0.6 is 0 Å². The molecule has 0 fully saturated rings. The number of carbonyl (C=O) groups excluding carboxylic acids is 1. The van der Waals surface area contributed by atoms with Gasteiger partial charge in [0.1, 0.15) is 0 Å². The van der Waals surface area contributed by atoms with Crippen LogP contribution in [-0.4, -0.2) is 17.2 Å². The maximum atomic E-state index is 10.7. The molecule has 1 N–H and O–H groups in total. The highest BCUT2D eigenvalue weighted by molar-refractivity contribution is 5.73. The average molecular weight is 144 g/mol. The third-order valence-corrected chi connectivity index (χ3v) is 1.29. The summed E-state index contributed by atoms with van der Waals surface area (Å²) < 4.78 is 4.43. The van der Waals surface area contributed by atoms with Crippen molar-refractivity contribution in [2.75, 3.05) is 0 Å². The summed E-state index contributed by atoms with van der Waals surface area (Å²) in [6.45, 7) is 6.35. The standard InChI is InChI=1S/C7H12O3/c1-4-10-7(9)5(2)6(3)8/h4-6,8H,1H2,2-3H3/t5-,6-/m0/s1. The Kier molecular flexibility index (Phi) is 3.72. The van der Waals surface area contributed by atoms with Gasteiger partial charge in [-0.15, -0.1) is 0 Å². The molecule has 0 amide bonds. The molecule has 10 heavy (non-hydrogen) atoms. The van der Waals surface area contributed by atoms with E-state index in [9.17, 15) is 4.79 Å². The number of aliphatic hydroxyl groups excluding tert-OH is 1. The average Bonchev–Trinajstić information content (AvgIpc) is 1.87. The third kappa shape index (κ3) is 2.64. The van der Waals surface area contributed by atoms with Crippen molar-refractivity contribution in [3.05, 3.63) is 12.8 Å². The first kappa shape index (κ1) is 9.17. The fraction of sp³-hybridized carbons (Fsp3) is 0.571. The van der Waals surface area contributed by atoms with E-state index in [4.69, 9.17) is 5.11 Å². The van der Waals surface area contributed by atoms with E-state index < -0.39 is 18.0 Å². The van der Waals surface area contributed by atoms with Crippen LogP contribution in [0.4, 0.5) is 0 Å². The zero-order chi connectivity index (χ0) is 8.15. The summed E-state index contributed by atoms with van der Waals surface area (Å²) in [5.41, 5.74) is 0. The van der Waals surface area contributed by atoms with Crippen LogP contribution in [-0.2, 0) is 9.53 Å². The van der Waals surface area contributed by atoms with Gasteiger partial charge >= 0.3 is 5.97 Å². The maximum Gasteiger partial charge on any atom is 0.316 e. The lowest BCUT2D eigenvalue weighted by Crippen LogP contribution is -2.23. The zero-order valence-electron chi connectivity index (χ0n) is 6.20. The minimum absolute atomic E-state index is 0.454. The van der Waals surface area contributed by atoms with E-state index in [0.717, 1.165) is 6.26 Å². The summed E-state index contributed by atoms with van der Waals surface area (Å²) in [6.07, 6.45) is 0.383. The quantitative estimate of drug-likeness (QED) is 0.468. The van der Waals surface area contributed by atoms with Crippen molar-refractivity contribution in [3.63, 3.8) is 0 Å². The molecule has 2 atom stereocenters. The van der Waals surface area contributed by atoms with Crippen molar-refractivity contribution < 1.29 is 14.6 Å². The summed E-state index contributed by atoms with van der Waals surface area (Å²) in [5.74, 6) is -0.942. The van der Waals surface area contributed by atoms with Crippen LogP contribution in [0.5, 0.6) is 0 Å². The molecular formula is C7H12O3. The van der Waals surface area contributed by atoms with E-state index in [1.807, 2.05) is 0 Å². The monoisotopic (exact) mass is 144 g/mol. The minimum atomic E-state index is -0.674. The normalized spacial score (nSPS) is 15.5. The molecule has 3 heteroatoms. The van der Waals surface area contributed by atoms with Crippen molar-refractivity contribution >= 4 is 5.97 Å². The molecule has 0 aromatic carbocycles. The van der Waals surface area contributed by atoms with Gasteiger partial charge in [0.15, 0.2) is 0 Å². The molecule has 0 radical (unpaired) electrons. The second kappa shape index (κ2) is 4.06. The van der Waals surface area contributed by atoms with Gasteiger partial charge in [0.2, 0.25) is 0 Å². The molecule has 0 aliphatic heterocycles. The van der Waals surface area contributed by atoms with Crippen molar-refractivity contribution in [3.8, 4) is 0 Å². The molecule has 0 spiro atoms. The summed E-state index contributed by atoms with van der Waals surface area (Å²) >= 11 is 0. The van der Waals surface area contributed by atoms with E-state index in [1.54, 1.807) is 6.92 Å². The second-order valence-corrected chi connectivity index (χ2v) is 2.13. The highest BCUT2D eigenvalue weighted by Crippen LogP contribution is 2.03. The molecule has 0 bridgehead atoms. The fourth-order valence-electron chi connectivity index (χ4n) is 0.386. The molecule has 0 unspecified atom stereocenters. The van der Waals surface area contributed by atoms with Crippen LogP contribution in [0.3, 0.4) is 0 Å². The van der Waals surface area contributed by atoms with E-state index in [0.29, 0.717) is 0 Å². The predicted octanol–water partition coefficient (Wildman–Crippen LogP) is 0.690. The molecule has 0 saturated heterocycles. The van der Waals surface area contributed by atoms with Crippen LogP contribution in [0.25, 0.3) is 0 Å². The molecular weight excluding hydrogens is 132 g/mol. The summed E-state index contributed by atoms with van der Waals surface area (Å²) in [4.78, 5) is 10.7. The Labute approximate surface area is 60.3 Å². The van der Waals surface area contributed by atoms with Gasteiger partial charge in [-0.05, 0) is 13.8 Å². The highest BCUT2D eigenvalue weighted by Gasteiger charge is 2.18. The molecule has 0 heterocycles.